The number of nitrogens with one attached hydrogen (secondary N) is 2. The summed E-state index contributed by atoms with van der Waals surface area (Å²) in [6.45, 7) is 2.84. The zero-order valence-electron chi connectivity index (χ0n) is 16.3. The Kier molecular flexibility index (Phi) is 6.76. The van der Waals surface area contributed by atoms with Crippen molar-refractivity contribution in [3.05, 3.63) is 64.7 Å². The number of ether oxygens (including phenoxy) is 1. The summed E-state index contributed by atoms with van der Waals surface area (Å²) in [7, 11) is 0. The molecule has 0 bridgehead atoms. The number of hydrogen-bond acceptors (Lipinski definition) is 8. The highest BCUT2D eigenvalue weighted by atomic mass is 35.5. The smallest absolute Gasteiger partial charge is 0.222 e. The first-order valence-electron chi connectivity index (χ1n) is 9.04. The van der Waals surface area contributed by atoms with Crippen LogP contribution in [0.1, 0.15) is 11.1 Å². The van der Waals surface area contributed by atoms with Crippen LogP contribution in [-0.2, 0) is 0 Å². The van der Waals surface area contributed by atoms with Crippen molar-refractivity contribution in [1.29, 1.82) is 5.53 Å². The van der Waals surface area contributed by atoms with Crippen molar-refractivity contribution in [1.82, 2.24) is 9.97 Å². The fourth-order valence-electron chi connectivity index (χ4n) is 2.80. The summed E-state index contributed by atoms with van der Waals surface area (Å²) in [6, 6.07) is 14.4. The molecule has 0 unspecified atom stereocenters. The average molecular weight is 425 g/mol. The van der Waals surface area contributed by atoms with Gasteiger partial charge in [0.15, 0.2) is 5.84 Å². The summed E-state index contributed by atoms with van der Waals surface area (Å²) in [5.74, 6) is 6.77. The van der Waals surface area contributed by atoms with Crippen molar-refractivity contribution in [3.8, 4) is 17.0 Å². The van der Waals surface area contributed by atoms with Gasteiger partial charge in [-0.1, -0.05) is 23.7 Å². The summed E-state index contributed by atoms with van der Waals surface area (Å²) < 4.78 is 5.71. The van der Waals surface area contributed by atoms with E-state index in [4.69, 9.17) is 33.4 Å². The molecule has 0 saturated heterocycles. The van der Waals surface area contributed by atoms with Crippen molar-refractivity contribution < 1.29 is 4.74 Å². The van der Waals surface area contributed by atoms with Crippen molar-refractivity contribution >= 4 is 29.2 Å². The van der Waals surface area contributed by atoms with Gasteiger partial charge in [-0.3, -0.25) is 0 Å². The van der Waals surface area contributed by atoms with Gasteiger partial charge in [-0.15, -0.1) is 5.11 Å². The number of nitrogen functional groups attached to an aromatic ring is 1. The number of aromatic nitrogens is 2. The Balaban J connectivity index is 1.61. The van der Waals surface area contributed by atoms with Gasteiger partial charge in [0.1, 0.15) is 18.2 Å². The minimum atomic E-state index is 0.148. The van der Waals surface area contributed by atoms with Crippen LogP contribution in [0.25, 0.3) is 11.3 Å². The number of hydrogen-bond donors (Lipinski definition) is 4. The van der Waals surface area contributed by atoms with Gasteiger partial charge in [0.2, 0.25) is 5.95 Å². The lowest BCUT2D eigenvalue weighted by molar-refractivity contribution is 0.332. The highest BCUT2D eigenvalue weighted by Crippen LogP contribution is 2.28. The van der Waals surface area contributed by atoms with Crippen LogP contribution in [0, 0.1) is 12.5 Å². The van der Waals surface area contributed by atoms with Crippen LogP contribution in [0.15, 0.2) is 58.7 Å². The van der Waals surface area contributed by atoms with Crippen LogP contribution >= 0.6 is 11.6 Å². The minimum absolute atomic E-state index is 0.148. The molecular formula is C20H21ClN8O. The third-order valence-electron chi connectivity index (χ3n) is 4.30. The van der Waals surface area contributed by atoms with Crippen molar-refractivity contribution in [3.63, 3.8) is 0 Å². The highest BCUT2D eigenvalue weighted by molar-refractivity contribution is 6.31. The van der Waals surface area contributed by atoms with Gasteiger partial charge >= 0.3 is 0 Å². The number of hydrazone groups is 1. The second-order valence-electron chi connectivity index (χ2n) is 6.27. The molecule has 0 atom stereocenters. The molecule has 9 nitrogen and oxygen atoms in total. The zero-order chi connectivity index (χ0) is 21.5. The van der Waals surface area contributed by atoms with E-state index in [1.54, 1.807) is 24.3 Å². The lowest BCUT2D eigenvalue weighted by Crippen LogP contribution is -2.13. The average Bonchev–Trinajstić information content (AvgIpc) is 2.74. The number of rotatable bonds is 7. The Morgan fingerprint density at radius 2 is 1.97 bits per heavy atom. The molecule has 0 aliphatic carbocycles. The van der Waals surface area contributed by atoms with Crippen LogP contribution in [0.4, 0.5) is 11.8 Å². The second-order valence-corrected chi connectivity index (χ2v) is 6.68. The summed E-state index contributed by atoms with van der Waals surface area (Å²) in [5.41, 5.74) is 16.1. The summed E-state index contributed by atoms with van der Waals surface area (Å²) >= 11 is 6.21. The summed E-state index contributed by atoms with van der Waals surface area (Å²) in [6.07, 6.45) is 0. The maximum atomic E-state index is 7.02. The number of nitrogens with two attached hydrogens (primary N) is 2. The van der Waals surface area contributed by atoms with E-state index in [1.807, 2.05) is 31.2 Å². The van der Waals surface area contributed by atoms with Crippen LogP contribution in [0.2, 0.25) is 5.02 Å². The third-order valence-corrected chi connectivity index (χ3v) is 4.71. The standard InChI is InChI=1S/C20H21ClN8O/c1-12-15(3-2-4-16(12)21)17-11-18(27-20(22)26-17)25-9-10-30-14-7-5-13(6-8-14)19(28-23)29-24/h2-8,11,23H,9-10,24H2,1H3,(H3,22,25,26,27)/b28-23?,29-19-. The molecule has 0 aliphatic heterocycles. The zero-order valence-corrected chi connectivity index (χ0v) is 17.0. The van der Waals surface area contributed by atoms with Crippen LogP contribution < -0.4 is 21.6 Å². The molecule has 0 saturated carbocycles. The summed E-state index contributed by atoms with van der Waals surface area (Å²) in [4.78, 5) is 8.54. The van der Waals surface area contributed by atoms with Gasteiger partial charge in [0.25, 0.3) is 0 Å². The number of nitrogens with zero attached hydrogens (tertiary/aromatic N) is 4. The van der Waals surface area contributed by atoms with Gasteiger partial charge < -0.3 is 21.6 Å². The Labute approximate surface area is 178 Å². The first kappa shape index (κ1) is 21.0. The van der Waals surface area contributed by atoms with Crippen LogP contribution in [0.3, 0.4) is 0 Å². The van der Waals surface area contributed by atoms with Crippen molar-refractivity contribution in [2.75, 3.05) is 24.2 Å². The Morgan fingerprint density at radius 3 is 2.67 bits per heavy atom. The molecular weight excluding hydrogens is 404 g/mol. The fourth-order valence-corrected chi connectivity index (χ4v) is 2.97. The van der Waals surface area contributed by atoms with E-state index in [2.05, 4.69) is 25.5 Å². The molecule has 2 aromatic carbocycles. The Hall–Kier alpha value is -3.72. The van der Waals surface area contributed by atoms with Crippen LogP contribution in [0.5, 0.6) is 5.75 Å². The largest absolute Gasteiger partial charge is 0.492 e. The van der Waals surface area contributed by atoms with Gasteiger partial charge in [-0.2, -0.15) is 10.1 Å². The van der Waals surface area contributed by atoms with E-state index >= 15 is 0 Å². The Morgan fingerprint density at radius 1 is 1.20 bits per heavy atom. The van der Waals surface area contributed by atoms with Crippen LogP contribution in [-0.4, -0.2) is 29.0 Å². The lowest BCUT2D eigenvalue weighted by atomic mass is 10.1. The lowest BCUT2D eigenvalue weighted by Gasteiger charge is -2.11. The topological polar surface area (TPSA) is 148 Å². The Bertz CT molecular complexity index is 1070. The molecule has 10 heteroatoms. The van der Waals surface area contributed by atoms with Crippen molar-refractivity contribution in [2.24, 2.45) is 16.1 Å². The fraction of sp³-hybridized carbons (Fsp3) is 0.150. The molecule has 0 amide bonds. The first-order chi connectivity index (χ1) is 14.5. The molecule has 3 rings (SSSR count). The number of amidine groups is 1. The maximum absolute atomic E-state index is 7.02. The predicted octanol–water partition coefficient (Wildman–Crippen LogP) is 3.83. The minimum Gasteiger partial charge on any atom is -0.492 e. The molecule has 1 heterocycles. The van der Waals surface area contributed by atoms with Gasteiger partial charge in [0.05, 0.1) is 12.2 Å². The normalized spacial score (nSPS) is 11.2. The first-order valence-corrected chi connectivity index (χ1v) is 9.42. The van der Waals surface area contributed by atoms with E-state index in [0.29, 0.717) is 41.0 Å². The monoisotopic (exact) mass is 424 g/mol. The number of halogens is 1. The van der Waals surface area contributed by atoms with Crippen molar-refractivity contribution in [2.45, 2.75) is 6.92 Å². The number of anilines is 2. The SMILES string of the molecule is Cc1c(Cl)cccc1-c1cc(NCCOc2ccc(/C(N=N)=N/N)cc2)nc(N)n1. The van der Waals surface area contributed by atoms with Gasteiger partial charge in [0, 0.05) is 22.2 Å². The third kappa shape index (κ3) is 5.00. The molecule has 0 spiro atoms. The summed E-state index contributed by atoms with van der Waals surface area (Å²) in [5, 5.41) is 10.5. The second kappa shape index (κ2) is 9.66. The van der Waals surface area contributed by atoms with E-state index in [-0.39, 0.29) is 11.8 Å². The maximum Gasteiger partial charge on any atom is 0.222 e. The number of benzene rings is 2. The van der Waals surface area contributed by atoms with E-state index in [9.17, 15) is 0 Å². The quantitative estimate of drug-likeness (QED) is 0.113. The highest BCUT2D eigenvalue weighted by Gasteiger charge is 2.09. The molecule has 1 aromatic heterocycles. The molecule has 30 heavy (non-hydrogen) atoms. The van der Waals surface area contributed by atoms with E-state index in [0.717, 1.165) is 11.1 Å². The van der Waals surface area contributed by atoms with Gasteiger partial charge in [-0.25, -0.2) is 10.5 Å². The molecule has 0 radical (unpaired) electrons. The van der Waals surface area contributed by atoms with E-state index < -0.39 is 0 Å². The van der Waals surface area contributed by atoms with E-state index in [1.165, 1.54) is 0 Å². The predicted molar refractivity (Wildman–Crippen MR) is 118 cm³/mol. The van der Waals surface area contributed by atoms with Gasteiger partial charge in [-0.05, 0) is 42.8 Å². The molecule has 3 aromatic rings. The molecule has 0 aliphatic rings. The molecule has 0 fully saturated rings. The molecule has 154 valence electrons. The molecule has 6 N–H and O–H groups in total.